The van der Waals surface area contributed by atoms with Crippen LogP contribution in [0.3, 0.4) is 0 Å². The summed E-state index contributed by atoms with van der Waals surface area (Å²) in [7, 11) is 1.58. The Morgan fingerprint density at radius 1 is 1.21 bits per heavy atom. The van der Waals surface area contributed by atoms with E-state index in [-0.39, 0.29) is 19.3 Å². The van der Waals surface area contributed by atoms with E-state index in [0.29, 0.717) is 29.5 Å². The molecule has 2 aromatic carbocycles. The molecule has 28 heavy (non-hydrogen) atoms. The first-order valence-corrected chi connectivity index (χ1v) is 8.93. The number of amidine groups is 1. The van der Waals surface area contributed by atoms with Crippen molar-refractivity contribution in [3.05, 3.63) is 65.2 Å². The summed E-state index contributed by atoms with van der Waals surface area (Å²) in [4.78, 5) is 22.4. The lowest BCUT2D eigenvalue weighted by Crippen LogP contribution is -2.40. The van der Waals surface area contributed by atoms with Crippen molar-refractivity contribution < 1.29 is 23.8 Å². The fraction of sp³-hybridized carbons (Fsp3) is 0.238. The maximum atomic E-state index is 12.4. The number of aliphatic imine (C=N–C) groups is 1. The second kappa shape index (κ2) is 8.14. The van der Waals surface area contributed by atoms with Gasteiger partial charge < -0.3 is 14.2 Å². The zero-order valence-electron chi connectivity index (χ0n) is 15.4. The number of nitrogens with one attached hydrogen (secondary N) is 1. The summed E-state index contributed by atoms with van der Waals surface area (Å²) in [5, 5.41) is 0. The highest BCUT2D eigenvalue weighted by Crippen LogP contribution is 2.35. The van der Waals surface area contributed by atoms with Crippen molar-refractivity contribution in [2.45, 2.75) is 6.10 Å². The van der Waals surface area contributed by atoms with Gasteiger partial charge >= 0.3 is 5.97 Å². The maximum absolute atomic E-state index is 12.4. The predicted octanol–water partition coefficient (Wildman–Crippen LogP) is 2.36. The van der Waals surface area contributed by atoms with Crippen LogP contribution >= 0.6 is 0 Å². The first-order valence-electron chi connectivity index (χ1n) is 8.93. The van der Waals surface area contributed by atoms with E-state index >= 15 is 0 Å². The van der Waals surface area contributed by atoms with Crippen molar-refractivity contribution in [1.29, 1.82) is 0 Å². The van der Waals surface area contributed by atoms with Crippen LogP contribution in [0, 0.1) is 0 Å². The van der Waals surface area contributed by atoms with Gasteiger partial charge in [0.05, 0.1) is 19.2 Å². The van der Waals surface area contributed by atoms with Crippen LogP contribution < -0.4 is 15.0 Å². The number of methoxy groups -OCH3 is 1. The molecule has 2 aliphatic rings. The monoisotopic (exact) mass is 380 g/mol. The van der Waals surface area contributed by atoms with Crippen molar-refractivity contribution >= 4 is 17.9 Å². The minimum Gasteiger partial charge on any atom is -0.493 e. The quantitative estimate of drug-likeness (QED) is 0.803. The van der Waals surface area contributed by atoms with E-state index in [1.54, 1.807) is 13.2 Å². The summed E-state index contributed by atoms with van der Waals surface area (Å²) in [5.74, 6) is 1.49. The van der Waals surface area contributed by atoms with Crippen LogP contribution in [0.25, 0.3) is 6.08 Å². The van der Waals surface area contributed by atoms with E-state index in [0.717, 1.165) is 11.1 Å². The highest BCUT2D eigenvalue weighted by molar-refractivity contribution is 5.98. The SMILES string of the molecule is COc1cccc2c1OCC(C(=O)OCC1CN=C(c3ccccc3)NO1)=C2. The Bertz CT molecular complexity index is 924. The summed E-state index contributed by atoms with van der Waals surface area (Å²) in [6, 6.07) is 15.2. The molecule has 4 rings (SSSR count). The summed E-state index contributed by atoms with van der Waals surface area (Å²) >= 11 is 0. The summed E-state index contributed by atoms with van der Waals surface area (Å²) in [6.07, 6.45) is 1.41. The average molecular weight is 380 g/mol. The van der Waals surface area contributed by atoms with Gasteiger partial charge in [0.2, 0.25) is 0 Å². The molecule has 1 atom stereocenters. The van der Waals surface area contributed by atoms with Gasteiger partial charge in [0, 0.05) is 11.1 Å². The summed E-state index contributed by atoms with van der Waals surface area (Å²) < 4.78 is 16.3. The lowest BCUT2D eigenvalue weighted by Gasteiger charge is -2.23. The number of hydroxylamine groups is 1. The Morgan fingerprint density at radius 2 is 2.07 bits per heavy atom. The second-order valence-corrected chi connectivity index (χ2v) is 6.33. The van der Waals surface area contributed by atoms with Crippen molar-refractivity contribution in [2.75, 3.05) is 26.9 Å². The van der Waals surface area contributed by atoms with Crippen molar-refractivity contribution in [3.8, 4) is 11.5 Å². The minimum absolute atomic E-state index is 0.0969. The average Bonchev–Trinajstić information content (AvgIpc) is 2.77. The smallest absolute Gasteiger partial charge is 0.337 e. The van der Waals surface area contributed by atoms with Gasteiger partial charge in [0.25, 0.3) is 0 Å². The van der Waals surface area contributed by atoms with Gasteiger partial charge in [-0.15, -0.1) is 0 Å². The molecule has 0 saturated heterocycles. The summed E-state index contributed by atoms with van der Waals surface area (Å²) in [6.45, 7) is 0.631. The van der Waals surface area contributed by atoms with Gasteiger partial charge in [-0.1, -0.05) is 42.5 Å². The fourth-order valence-corrected chi connectivity index (χ4v) is 2.95. The number of esters is 1. The Balaban J connectivity index is 1.34. The standard InChI is InChI=1S/C21H20N2O5/c1-25-18-9-5-8-15-10-16(12-26-19(15)18)21(24)27-13-17-11-22-20(23-28-17)14-6-3-2-4-7-14/h2-10,17H,11-13H2,1H3,(H,22,23). The minimum atomic E-state index is -0.435. The molecule has 7 nitrogen and oxygen atoms in total. The second-order valence-electron chi connectivity index (χ2n) is 6.33. The third-order valence-corrected chi connectivity index (χ3v) is 4.42. The molecule has 0 fully saturated rings. The number of ether oxygens (including phenoxy) is 3. The number of para-hydroxylation sites is 1. The Hall–Kier alpha value is -3.32. The topological polar surface area (TPSA) is 78.4 Å². The van der Waals surface area contributed by atoms with Gasteiger partial charge in [0.1, 0.15) is 19.3 Å². The Labute approximate surface area is 162 Å². The van der Waals surface area contributed by atoms with Crippen molar-refractivity contribution in [1.82, 2.24) is 5.48 Å². The molecular weight excluding hydrogens is 360 g/mol. The lowest BCUT2D eigenvalue weighted by molar-refractivity contribution is -0.144. The number of carbonyl (C=O) groups excluding carboxylic acids is 1. The molecule has 0 bridgehead atoms. The molecule has 144 valence electrons. The van der Waals surface area contributed by atoms with Crippen molar-refractivity contribution in [2.24, 2.45) is 4.99 Å². The third kappa shape index (κ3) is 3.84. The molecule has 1 unspecified atom stereocenters. The third-order valence-electron chi connectivity index (χ3n) is 4.42. The van der Waals surface area contributed by atoms with Gasteiger partial charge in [0.15, 0.2) is 17.3 Å². The van der Waals surface area contributed by atoms with Gasteiger partial charge in [-0.3, -0.25) is 9.83 Å². The molecule has 2 aromatic rings. The van der Waals surface area contributed by atoms with Crippen LogP contribution in [-0.2, 0) is 14.4 Å². The molecule has 0 aliphatic carbocycles. The highest BCUT2D eigenvalue weighted by atomic mass is 16.7. The van der Waals surface area contributed by atoms with Crippen LogP contribution in [0.4, 0.5) is 0 Å². The number of rotatable bonds is 5. The molecule has 1 N–H and O–H groups in total. The Kier molecular flexibility index (Phi) is 5.25. The number of carbonyl (C=O) groups is 1. The molecule has 0 amide bonds. The van der Waals surface area contributed by atoms with Gasteiger partial charge in [-0.25, -0.2) is 10.3 Å². The van der Waals surface area contributed by atoms with Gasteiger partial charge in [-0.2, -0.15) is 0 Å². The maximum Gasteiger partial charge on any atom is 0.337 e. The van der Waals surface area contributed by atoms with E-state index in [2.05, 4.69) is 10.5 Å². The van der Waals surface area contributed by atoms with Gasteiger partial charge in [-0.05, 0) is 12.1 Å². The first kappa shape index (κ1) is 18.1. The molecule has 2 aliphatic heterocycles. The van der Waals surface area contributed by atoms with Crippen LogP contribution in [0.2, 0.25) is 0 Å². The number of nitrogens with zero attached hydrogens (tertiary/aromatic N) is 1. The fourth-order valence-electron chi connectivity index (χ4n) is 2.95. The zero-order chi connectivity index (χ0) is 19.3. The lowest BCUT2D eigenvalue weighted by atomic mass is 10.1. The predicted molar refractivity (Wildman–Crippen MR) is 103 cm³/mol. The van der Waals surface area contributed by atoms with Crippen LogP contribution in [0.1, 0.15) is 11.1 Å². The number of benzene rings is 2. The number of hydrogen-bond acceptors (Lipinski definition) is 7. The number of hydrogen-bond donors (Lipinski definition) is 1. The molecule has 0 aromatic heterocycles. The largest absolute Gasteiger partial charge is 0.493 e. The molecule has 0 spiro atoms. The summed E-state index contributed by atoms with van der Waals surface area (Å²) in [5.41, 5.74) is 4.99. The first-order chi connectivity index (χ1) is 13.7. The van der Waals surface area contributed by atoms with E-state index < -0.39 is 5.97 Å². The van der Waals surface area contributed by atoms with Crippen LogP contribution in [-0.4, -0.2) is 44.8 Å². The Morgan fingerprint density at radius 3 is 2.82 bits per heavy atom. The zero-order valence-corrected chi connectivity index (χ0v) is 15.4. The van der Waals surface area contributed by atoms with Crippen LogP contribution in [0.15, 0.2) is 59.1 Å². The van der Waals surface area contributed by atoms with Crippen LogP contribution in [0.5, 0.6) is 11.5 Å². The number of fused-ring (bicyclic) bond motifs is 1. The van der Waals surface area contributed by atoms with E-state index in [1.807, 2.05) is 48.5 Å². The van der Waals surface area contributed by atoms with Crippen molar-refractivity contribution in [3.63, 3.8) is 0 Å². The van der Waals surface area contributed by atoms with E-state index in [4.69, 9.17) is 19.0 Å². The molecule has 2 heterocycles. The molecule has 0 radical (unpaired) electrons. The van der Waals surface area contributed by atoms with E-state index in [1.165, 1.54) is 0 Å². The highest BCUT2D eigenvalue weighted by Gasteiger charge is 2.23. The molecule has 0 saturated carbocycles. The molecular formula is C21H20N2O5. The van der Waals surface area contributed by atoms with E-state index in [9.17, 15) is 4.79 Å². The molecule has 7 heteroatoms. The normalized spacial score (nSPS) is 18.0.